The van der Waals surface area contributed by atoms with E-state index in [0.29, 0.717) is 11.7 Å². The third-order valence-electron chi connectivity index (χ3n) is 2.11. The van der Waals surface area contributed by atoms with Crippen LogP contribution < -0.4 is 5.32 Å². The van der Waals surface area contributed by atoms with E-state index in [2.05, 4.69) is 10.3 Å². The lowest BCUT2D eigenvalue weighted by molar-refractivity contribution is 1.14. The fraction of sp³-hybridized carbons (Fsp3) is 0.0833. The predicted octanol–water partition coefficient (Wildman–Crippen LogP) is 4.00. The SMILES string of the molecule is Clc1cccc(CNc2ccnc(Cl)c2)c1. The molecule has 2 nitrogen and oxygen atoms in total. The second kappa shape index (κ2) is 5.19. The summed E-state index contributed by atoms with van der Waals surface area (Å²) in [7, 11) is 0. The van der Waals surface area contributed by atoms with E-state index in [4.69, 9.17) is 23.2 Å². The molecule has 0 radical (unpaired) electrons. The normalized spacial score (nSPS) is 10.1. The van der Waals surface area contributed by atoms with Crippen LogP contribution in [0.1, 0.15) is 5.56 Å². The first-order valence-corrected chi connectivity index (χ1v) is 5.59. The Kier molecular flexibility index (Phi) is 3.65. The van der Waals surface area contributed by atoms with Crippen LogP contribution in [0.15, 0.2) is 42.6 Å². The van der Waals surface area contributed by atoms with Gasteiger partial charge in [0.05, 0.1) is 0 Å². The third kappa shape index (κ3) is 3.12. The summed E-state index contributed by atoms with van der Waals surface area (Å²) >= 11 is 11.7. The quantitative estimate of drug-likeness (QED) is 0.836. The van der Waals surface area contributed by atoms with Crippen molar-refractivity contribution in [1.29, 1.82) is 0 Å². The molecule has 82 valence electrons. The molecule has 2 rings (SSSR count). The monoisotopic (exact) mass is 252 g/mol. The molecule has 0 aliphatic rings. The lowest BCUT2D eigenvalue weighted by Gasteiger charge is -2.06. The van der Waals surface area contributed by atoms with Crippen molar-refractivity contribution in [3.05, 3.63) is 58.3 Å². The lowest BCUT2D eigenvalue weighted by Crippen LogP contribution is -1.99. The molecule has 0 bridgehead atoms. The van der Waals surface area contributed by atoms with Crippen LogP contribution in [-0.4, -0.2) is 4.98 Å². The Morgan fingerprint density at radius 2 is 2.00 bits per heavy atom. The first-order chi connectivity index (χ1) is 7.74. The van der Waals surface area contributed by atoms with Crippen LogP contribution in [0.5, 0.6) is 0 Å². The lowest BCUT2D eigenvalue weighted by atomic mass is 10.2. The van der Waals surface area contributed by atoms with Crippen LogP contribution in [0.2, 0.25) is 10.2 Å². The highest BCUT2D eigenvalue weighted by Crippen LogP contribution is 2.15. The molecule has 2 aromatic rings. The Bertz CT molecular complexity index is 440. The molecule has 0 aliphatic heterocycles. The Balaban J connectivity index is 2.02. The first-order valence-electron chi connectivity index (χ1n) is 4.84. The number of hydrogen-bond donors (Lipinski definition) is 1. The molecule has 1 heterocycles. The van der Waals surface area contributed by atoms with E-state index in [1.54, 1.807) is 12.3 Å². The van der Waals surface area contributed by atoms with Gasteiger partial charge in [-0.15, -0.1) is 0 Å². The summed E-state index contributed by atoms with van der Waals surface area (Å²) in [6.07, 6.45) is 1.67. The molecular formula is C12H10Cl2N2. The Labute approximate surface area is 104 Å². The maximum absolute atomic E-state index is 5.89. The van der Waals surface area contributed by atoms with E-state index < -0.39 is 0 Å². The van der Waals surface area contributed by atoms with E-state index in [0.717, 1.165) is 16.3 Å². The molecule has 0 saturated heterocycles. The summed E-state index contributed by atoms with van der Waals surface area (Å²) in [5, 5.41) is 4.47. The Morgan fingerprint density at radius 3 is 2.75 bits per heavy atom. The summed E-state index contributed by atoms with van der Waals surface area (Å²) in [6, 6.07) is 11.4. The van der Waals surface area contributed by atoms with E-state index in [1.165, 1.54) is 0 Å². The fourth-order valence-corrected chi connectivity index (χ4v) is 1.75. The fourth-order valence-electron chi connectivity index (χ4n) is 1.36. The number of pyridine rings is 1. The van der Waals surface area contributed by atoms with E-state index in [1.807, 2.05) is 30.3 Å². The summed E-state index contributed by atoms with van der Waals surface area (Å²) in [5.41, 5.74) is 2.07. The van der Waals surface area contributed by atoms with Gasteiger partial charge < -0.3 is 5.32 Å². The van der Waals surface area contributed by atoms with Gasteiger partial charge in [0.15, 0.2) is 0 Å². The van der Waals surface area contributed by atoms with Gasteiger partial charge >= 0.3 is 0 Å². The maximum Gasteiger partial charge on any atom is 0.131 e. The largest absolute Gasteiger partial charge is 0.381 e. The minimum atomic E-state index is 0.482. The molecule has 0 saturated carbocycles. The summed E-state index contributed by atoms with van der Waals surface area (Å²) in [5.74, 6) is 0. The van der Waals surface area contributed by atoms with Gasteiger partial charge in [-0.1, -0.05) is 35.3 Å². The number of rotatable bonds is 3. The average Bonchev–Trinajstić information content (AvgIpc) is 2.27. The number of nitrogens with zero attached hydrogens (tertiary/aromatic N) is 1. The van der Waals surface area contributed by atoms with Crippen LogP contribution in [0.25, 0.3) is 0 Å². The molecule has 16 heavy (non-hydrogen) atoms. The minimum absolute atomic E-state index is 0.482. The van der Waals surface area contributed by atoms with Crippen molar-refractivity contribution in [2.24, 2.45) is 0 Å². The van der Waals surface area contributed by atoms with Crippen molar-refractivity contribution >= 4 is 28.9 Å². The second-order valence-corrected chi connectivity index (χ2v) is 4.17. The van der Waals surface area contributed by atoms with Crippen molar-refractivity contribution in [3.8, 4) is 0 Å². The minimum Gasteiger partial charge on any atom is -0.381 e. The summed E-state index contributed by atoms with van der Waals surface area (Å²) in [6.45, 7) is 0.709. The number of nitrogens with one attached hydrogen (secondary N) is 1. The van der Waals surface area contributed by atoms with Gasteiger partial charge in [-0.3, -0.25) is 0 Å². The molecule has 0 aliphatic carbocycles. The van der Waals surface area contributed by atoms with Crippen LogP contribution >= 0.6 is 23.2 Å². The van der Waals surface area contributed by atoms with Gasteiger partial charge in [0.2, 0.25) is 0 Å². The molecule has 0 fully saturated rings. The zero-order chi connectivity index (χ0) is 11.4. The molecule has 0 atom stereocenters. The number of anilines is 1. The predicted molar refractivity (Wildman–Crippen MR) is 68.0 cm³/mol. The number of aromatic nitrogens is 1. The van der Waals surface area contributed by atoms with Crippen LogP contribution in [0.4, 0.5) is 5.69 Å². The molecule has 1 aromatic carbocycles. The van der Waals surface area contributed by atoms with Crippen molar-refractivity contribution < 1.29 is 0 Å². The number of hydrogen-bond acceptors (Lipinski definition) is 2. The van der Waals surface area contributed by atoms with Crippen LogP contribution in [0, 0.1) is 0 Å². The van der Waals surface area contributed by atoms with Gasteiger partial charge in [0, 0.05) is 23.5 Å². The van der Waals surface area contributed by atoms with Gasteiger partial charge in [-0.05, 0) is 29.8 Å². The topological polar surface area (TPSA) is 24.9 Å². The van der Waals surface area contributed by atoms with Gasteiger partial charge in [0.1, 0.15) is 5.15 Å². The molecule has 0 unspecified atom stereocenters. The molecule has 4 heteroatoms. The van der Waals surface area contributed by atoms with Crippen molar-refractivity contribution in [2.45, 2.75) is 6.54 Å². The van der Waals surface area contributed by atoms with Gasteiger partial charge in [0.25, 0.3) is 0 Å². The molecule has 1 N–H and O–H groups in total. The molecule has 0 amide bonds. The first kappa shape index (κ1) is 11.2. The highest BCUT2D eigenvalue weighted by atomic mass is 35.5. The maximum atomic E-state index is 5.89. The van der Waals surface area contributed by atoms with E-state index in [9.17, 15) is 0 Å². The van der Waals surface area contributed by atoms with Crippen molar-refractivity contribution in [1.82, 2.24) is 4.98 Å². The average molecular weight is 253 g/mol. The van der Waals surface area contributed by atoms with Crippen LogP contribution in [-0.2, 0) is 6.54 Å². The zero-order valence-corrected chi connectivity index (χ0v) is 9.96. The number of benzene rings is 1. The summed E-state index contributed by atoms with van der Waals surface area (Å²) < 4.78 is 0. The van der Waals surface area contributed by atoms with E-state index in [-0.39, 0.29) is 0 Å². The van der Waals surface area contributed by atoms with Crippen molar-refractivity contribution in [2.75, 3.05) is 5.32 Å². The smallest absolute Gasteiger partial charge is 0.131 e. The van der Waals surface area contributed by atoms with Crippen LogP contribution in [0.3, 0.4) is 0 Å². The number of halogens is 2. The van der Waals surface area contributed by atoms with Gasteiger partial charge in [-0.25, -0.2) is 4.98 Å². The molecule has 0 spiro atoms. The Morgan fingerprint density at radius 1 is 1.12 bits per heavy atom. The molecule has 1 aromatic heterocycles. The standard InChI is InChI=1S/C12H10Cl2N2/c13-10-3-1-2-9(6-10)8-16-11-4-5-15-12(14)7-11/h1-7H,8H2,(H,15,16). The van der Waals surface area contributed by atoms with E-state index >= 15 is 0 Å². The highest BCUT2D eigenvalue weighted by molar-refractivity contribution is 6.30. The van der Waals surface area contributed by atoms with Crippen molar-refractivity contribution in [3.63, 3.8) is 0 Å². The third-order valence-corrected chi connectivity index (χ3v) is 2.55. The second-order valence-electron chi connectivity index (χ2n) is 3.35. The van der Waals surface area contributed by atoms with Gasteiger partial charge in [-0.2, -0.15) is 0 Å². The highest BCUT2D eigenvalue weighted by Gasteiger charge is 1.96. The Hall–Kier alpha value is -1.25. The zero-order valence-electron chi connectivity index (χ0n) is 8.45. The summed E-state index contributed by atoms with van der Waals surface area (Å²) in [4.78, 5) is 3.91. The molecular weight excluding hydrogens is 243 g/mol.